The first kappa shape index (κ1) is 17.8. The maximum atomic E-state index is 5.44. The van der Waals surface area contributed by atoms with Crippen molar-refractivity contribution in [3.63, 3.8) is 0 Å². The molecule has 1 nitrogen and oxygen atoms in total. The maximum absolute atomic E-state index is 5.44. The molecule has 0 aromatic carbocycles. The fourth-order valence-electron chi connectivity index (χ4n) is 2.43. The summed E-state index contributed by atoms with van der Waals surface area (Å²) in [6.07, 6.45) is 22.3. The highest BCUT2D eigenvalue weighted by atomic mass is 16.3. The Bertz CT molecular complexity index is 373. The smallest absolute Gasteiger partial charge is 0.106 e. The van der Waals surface area contributed by atoms with E-state index in [0.29, 0.717) is 5.92 Å². The minimum absolute atomic E-state index is 0.559. The molecule has 1 atom stereocenters. The van der Waals surface area contributed by atoms with Gasteiger partial charge in [0, 0.05) is 5.92 Å². The van der Waals surface area contributed by atoms with Crippen molar-refractivity contribution >= 4 is 0 Å². The fourth-order valence-corrected chi connectivity index (χ4v) is 2.43. The van der Waals surface area contributed by atoms with Gasteiger partial charge in [0.15, 0.2) is 0 Å². The van der Waals surface area contributed by atoms with Gasteiger partial charge in [-0.05, 0) is 44.2 Å². The lowest BCUT2D eigenvalue weighted by atomic mass is 10.0. The molecule has 0 bridgehead atoms. The van der Waals surface area contributed by atoms with Gasteiger partial charge in [-0.3, -0.25) is 0 Å². The van der Waals surface area contributed by atoms with Gasteiger partial charge >= 0.3 is 0 Å². The molecule has 0 N–H and O–H groups in total. The van der Waals surface area contributed by atoms with Gasteiger partial charge in [0.05, 0.1) is 6.26 Å². The molecule has 0 saturated heterocycles. The molecule has 0 aliphatic heterocycles. The van der Waals surface area contributed by atoms with Crippen molar-refractivity contribution in [2.45, 2.75) is 77.6 Å². The van der Waals surface area contributed by atoms with Gasteiger partial charge in [-0.2, -0.15) is 0 Å². The summed E-state index contributed by atoms with van der Waals surface area (Å²) in [5.74, 6) is 1.69. The van der Waals surface area contributed by atoms with Gasteiger partial charge in [-0.1, -0.05) is 63.8 Å². The van der Waals surface area contributed by atoms with Crippen LogP contribution in [0.2, 0.25) is 0 Å². The fraction of sp³-hybridized carbons (Fsp3) is 0.600. The number of hydrogen-bond donors (Lipinski definition) is 0. The van der Waals surface area contributed by atoms with Gasteiger partial charge in [-0.15, -0.1) is 0 Å². The van der Waals surface area contributed by atoms with Crippen LogP contribution in [0.25, 0.3) is 0 Å². The van der Waals surface area contributed by atoms with Gasteiger partial charge in [0.1, 0.15) is 5.76 Å². The van der Waals surface area contributed by atoms with Crippen LogP contribution in [-0.2, 0) is 0 Å². The number of hydrogen-bond acceptors (Lipinski definition) is 1. The van der Waals surface area contributed by atoms with E-state index in [0.717, 1.165) is 12.2 Å². The Morgan fingerprint density at radius 2 is 1.76 bits per heavy atom. The Balaban J connectivity index is 1.91. The zero-order chi connectivity index (χ0) is 15.2. The van der Waals surface area contributed by atoms with Crippen LogP contribution in [0.5, 0.6) is 0 Å². The van der Waals surface area contributed by atoms with Gasteiger partial charge in [0.25, 0.3) is 0 Å². The lowest BCUT2D eigenvalue weighted by Crippen LogP contribution is -1.91. The summed E-state index contributed by atoms with van der Waals surface area (Å²) in [4.78, 5) is 0. The normalized spacial score (nSPS) is 13.4. The lowest BCUT2D eigenvalue weighted by molar-refractivity contribution is 0.450. The second-order valence-electron chi connectivity index (χ2n) is 5.88. The van der Waals surface area contributed by atoms with Gasteiger partial charge in [0.2, 0.25) is 0 Å². The van der Waals surface area contributed by atoms with E-state index in [2.05, 4.69) is 44.2 Å². The monoisotopic (exact) mass is 288 g/mol. The van der Waals surface area contributed by atoms with E-state index < -0.39 is 0 Å². The van der Waals surface area contributed by atoms with Gasteiger partial charge in [-0.25, -0.2) is 0 Å². The molecule has 118 valence electrons. The van der Waals surface area contributed by atoms with Crippen molar-refractivity contribution in [1.29, 1.82) is 0 Å². The third kappa shape index (κ3) is 9.33. The predicted octanol–water partition coefficient (Wildman–Crippen LogP) is 7.03. The number of unbranched alkanes of at least 4 members (excludes halogenated alkanes) is 5. The van der Waals surface area contributed by atoms with Crippen molar-refractivity contribution in [3.8, 4) is 0 Å². The molecule has 1 heteroatoms. The van der Waals surface area contributed by atoms with E-state index in [1.54, 1.807) is 6.26 Å². The molecule has 1 heterocycles. The zero-order valence-electron chi connectivity index (χ0n) is 13.9. The highest BCUT2D eigenvalue weighted by Crippen LogP contribution is 2.22. The first-order valence-electron chi connectivity index (χ1n) is 8.68. The van der Waals surface area contributed by atoms with Crippen LogP contribution in [0.4, 0.5) is 0 Å². The first-order valence-corrected chi connectivity index (χ1v) is 8.68. The molecule has 0 aliphatic rings. The molecule has 0 spiro atoms. The van der Waals surface area contributed by atoms with Crippen molar-refractivity contribution in [2.75, 3.05) is 0 Å². The molecule has 1 unspecified atom stereocenters. The lowest BCUT2D eigenvalue weighted by Gasteiger charge is -2.07. The Morgan fingerprint density at radius 3 is 2.43 bits per heavy atom. The third-order valence-electron chi connectivity index (χ3n) is 3.87. The largest absolute Gasteiger partial charge is 0.469 e. The third-order valence-corrected chi connectivity index (χ3v) is 3.87. The standard InChI is InChI=1S/C20H32O/c1-3-4-5-6-7-8-9-10-11-12-13-14-16-19(2)20-17-15-18-21-20/h6-7,9-10,15,17-19H,3-5,8,11-14,16H2,1-2H3/b7-6-,10-9-. The molecule has 0 saturated carbocycles. The maximum Gasteiger partial charge on any atom is 0.106 e. The minimum Gasteiger partial charge on any atom is -0.469 e. The predicted molar refractivity (Wildman–Crippen MR) is 92.6 cm³/mol. The molecule has 0 amide bonds. The van der Waals surface area contributed by atoms with E-state index >= 15 is 0 Å². The number of furan rings is 1. The summed E-state index contributed by atoms with van der Waals surface area (Å²) in [5, 5.41) is 0. The Hall–Kier alpha value is -1.24. The number of rotatable bonds is 12. The second kappa shape index (κ2) is 12.5. The summed E-state index contributed by atoms with van der Waals surface area (Å²) in [5.41, 5.74) is 0. The molecule has 0 radical (unpaired) electrons. The van der Waals surface area contributed by atoms with Gasteiger partial charge < -0.3 is 4.42 Å². The summed E-state index contributed by atoms with van der Waals surface area (Å²) in [6.45, 7) is 4.49. The quantitative estimate of drug-likeness (QED) is 0.297. The first-order chi connectivity index (χ1) is 10.3. The summed E-state index contributed by atoms with van der Waals surface area (Å²) >= 11 is 0. The van der Waals surface area contributed by atoms with Crippen molar-refractivity contribution in [2.24, 2.45) is 0 Å². The summed E-state index contributed by atoms with van der Waals surface area (Å²) in [6, 6.07) is 4.06. The van der Waals surface area contributed by atoms with Crippen molar-refractivity contribution < 1.29 is 4.42 Å². The van der Waals surface area contributed by atoms with E-state index in [1.807, 2.05) is 6.07 Å². The average Bonchev–Trinajstić information content (AvgIpc) is 3.02. The Morgan fingerprint density at radius 1 is 1.00 bits per heavy atom. The molecule has 1 rings (SSSR count). The van der Waals surface area contributed by atoms with E-state index in [1.165, 1.54) is 51.4 Å². The van der Waals surface area contributed by atoms with Crippen LogP contribution in [-0.4, -0.2) is 0 Å². The van der Waals surface area contributed by atoms with Crippen molar-refractivity contribution in [1.82, 2.24) is 0 Å². The molecule has 1 aromatic rings. The van der Waals surface area contributed by atoms with Crippen LogP contribution in [0.3, 0.4) is 0 Å². The Kier molecular flexibility index (Phi) is 10.6. The molecule has 1 aromatic heterocycles. The second-order valence-corrected chi connectivity index (χ2v) is 5.88. The molecule has 21 heavy (non-hydrogen) atoms. The highest BCUT2D eigenvalue weighted by molar-refractivity contribution is 5.03. The summed E-state index contributed by atoms with van der Waals surface area (Å²) < 4.78 is 5.44. The van der Waals surface area contributed by atoms with Crippen LogP contribution >= 0.6 is 0 Å². The average molecular weight is 288 g/mol. The Labute approximate surface area is 131 Å². The SMILES string of the molecule is CCCC/C=C\C/C=C\CCCCCC(C)c1ccco1. The number of allylic oxidation sites excluding steroid dienone is 4. The topological polar surface area (TPSA) is 13.1 Å². The molecule has 0 aliphatic carbocycles. The highest BCUT2D eigenvalue weighted by Gasteiger charge is 2.06. The van der Waals surface area contributed by atoms with E-state index in [4.69, 9.17) is 4.42 Å². The summed E-state index contributed by atoms with van der Waals surface area (Å²) in [7, 11) is 0. The van der Waals surface area contributed by atoms with E-state index in [9.17, 15) is 0 Å². The minimum atomic E-state index is 0.559. The molecule has 0 fully saturated rings. The van der Waals surface area contributed by atoms with Crippen LogP contribution in [0, 0.1) is 0 Å². The van der Waals surface area contributed by atoms with Crippen molar-refractivity contribution in [3.05, 3.63) is 48.5 Å². The van der Waals surface area contributed by atoms with Crippen LogP contribution in [0.1, 0.15) is 83.3 Å². The van der Waals surface area contributed by atoms with Crippen LogP contribution in [0.15, 0.2) is 47.1 Å². The van der Waals surface area contributed by atoms with Crippen LogP contribution < -0.4 is 0 Å². The van der Waals surface area contributed by atoms with E-state index in [-0.39, 0.29) is 0 Å². The zero-order valence-corrected chi connectivity index (χ0v) is 13.9. The molecular weight excluding hydrogens is 256 g/mol. The molecular formula is C20H32O.